The molecular formula is C16H29N3OS. The van der Waals surface area contributed by atoms with Crippen molar-refractivity contribution >= 4 is 23.1 Å². The summed E-state index contributed by atoms with van der Waals surface area (Å²) in [7, 11) is 0. The molecule has 1 saturated heterocycles. The lowest BCUT2D eigenvalue weighted by Gasteiger charge is -2.38. The fourth-order valence-corrected chi connectivity index (χ4v) is 3.98. The molecule has 0 unspecified atom stereocenters. The fraction of sp³-hybridized carbons (Fsp3) is 0.875. The molecule has 0 radical (unpaired) electrons. The molecule has 0 aromatic rings. The molecule has 21 heavy (non-hydrogen) atoms. The van der Waals surface area contributed by atoms with E-state index in [1.54, 1.807) is 0 Å². The van der Waals surface area contributed by atoms with Crippen LogP contribution in [-0.2, 0) is 4.79 Å². The van der Waals surface area contributed by atoms with Crippen molar-refractivity contribution in [2.24, 2.45) is 11.1 Å². The lowest BCUT2D eigenvalue weighted by atomic mass is 9.73. The normalized spacial score (nSPS) is 23.7. The number of carbonyl (C=O) groups is 1. The summed E-state index contributed by atoms with van der Waals surface area (Å²) in [6.45, 7) is 5.54. The first-order valence-electron chi connectivity index (χ1n) is 8.41. The van der Waals surface area contributed by atoms with E-state index in [2.05, 4.69) is 17.1 Å². The lowest BCUT2D eigenvalue weighted by molar-refractivity contribution is -0.129. The van der Waals surface area contributed by atoms with Gasteiger partial charge in [-0.3, -0.25) is 4.79 Å². The molecule has 0 bridgehead atoms. The third-order valence-electron chi connectivity index (χ3n) is 5.08. The summed E-state index contributed by atoms with van der Waals surface area (Å²) in [6, 6.07) is 0.291. The van der Waals surface area contributed by atoms with E-state index >= 15 is 0 Å². The standard InChI is InChI=1S/C16H29N3OS/c1-2-10-19-11-6-13(7-12-19)18-15(20)16(14(17)21)8-4-3-5-9-16/h13H,2-12H2,1H3,(H2,17,21)(H,18,20). The molecule has 1 aliphatic carbocycles. The van der Waals surface area contributed by atoms with Gasteiger partial charge in [0.05, 0.1) is 10.4 Å². The first-order valence-corrected chi connectivity index (χ1v) is 8.82. The van der Waals surface area contributed by atoms with Crippen molar-refractivity contribution in [3.8, 4) is 0 Å². The Hall–Kier alpha value is -0.680. The van der Waals surface area contributed by atoms with Gasteiger partial charge in [-0.25, -0.2) is 0 Å². The Labute approximate surface area is 133 Å². The zero-order valence-corrected chi connectivity index (χ0v) is 14.0. The van der Waals surface area contributed by atoms with Gasteiger partial charge in [0, 0.05) is 19.1 Å². The second-order valence-corrected chi connectivity index (χ2v) is 7.04. The van der Waals surface area contributed by atoms with Gasteiger partial charge in [0.25, 0.3) is 0 Å². The van der Waals surface area contributed by atoms with E-state index in [-0.39, 0.29) is 5.91 Å². The van der Waals surface area contributed by atoms with Crippen LogP contribution >= 0.6 is 12.2 Å². The number of nitrogens with two attached hydrogens (primary N) is 1. The average molecular weight is 311 g/mol. The minimum absolute atomic E-state index is 0.0867. The van der Waals surface area contributed by atoms with E-state index < -0.39 is 5.41 Å². The summed E-state index contributed by atoms with van der Waals surface area (Å²) in [5.41, 5.74) is 5.36. The molecule has 0 spiro atoms. The maximum Gasteiger partial charge on any atom is 0.233 e. The zero-order chi connectivity index (χ0) is 15.3. The molecule has 1 aliphatic heterocycles. The highest BCUT2D eigenvalue weighted by Crippen LogP contribution is 2.37. The Bertz CT molecular complexity index is 372. The highest BCUT2D eigenvalue weighted by molar-refractivity contribution is 7.80. The summed E-state index contributed by atoms with van der Waals surface area (Å²) < 4.78 is 0. The van der Waals surface area contributed by atoms with Crippen LogP contribution in [-0.4, -0.2) is 41.5 Å². The first-order chi connectivity index (χ1) is 10.1. The van der Waals surface area contributed by atoms with Crippen LogP contribution in [0.2, 0.25) is 0 Å². The van der Waals surface area contributed by atoms with Crippen molar-refractivity contribution < 1.29 is 4.79 Å². The first kappa shape index (κ1) is 16.7. The van der Waals surface area contributed by atoms with Gasteiger partial charge in [-0.2, -0.15) is 0 Å². The topological polar surface area (TPSA) is 58.4 Å². The quantitative estimate of drug-likeness (QED) is 0.764. The number of nitrogens with one attached hydrogen (secondary N) is 1. The van der Waals surface area contributed by atoms with Crippen molar-refractivity contribution in [3.05, 3.63) is 0 Å². The minimum Gasteiger partial charge on any atom is -0.392 e. The second kappa shape index (κ2) is 7.54. The van der Waals surface area contributed by atoms with Crippen LogP contribution in [0.15, 0.2) is 0 Å². The van der Waals surface area contributed by atoms with Crippen molar-refractivity contribution in [3.63, 3.8) is 0 Å². The molecule has 0 aromatic heterocycles. The molecule has 2 fully saturated rings. The smallest absolute Gasteiger partial charge is 0.233 e. The Kier molecular flexibility index (Phi) is 5.99. The largest absolute Gasteiger partial charge is 0.392 e. The van der Waals surface area contributed by atoms with Crippen LogP contribution in [0.1, 0.15) is 58.3 Å². The Morgan fingerprint density at radius 3 is 2.43 bits per heavy atom. The van der Waals surface area contributed by atoms with E-state index in [9.17, 15) is 4.79 Å². The third kappa shape index (κ3) is 3.95. The highest BCUT2D eigenvalue weighted by Gasteiger charge is 2.43. The Morgan fingerprint density at radius 2 is 1.90 bits per heavy atom. The summed E-state index contributed by atoms with van der Waals surface area (Å²) in [5, 5.41) is 3.24. The number of rotatable bonds is 5. The fourth-order valence-electron chi connectivity index (χ4n) is 3.68. The molecule has 0 aromatic carbocycles. The molecule has 1 heterocycles. The maximum absolute atomic E-state index is 12.7. The summed E-state index contributed by atoms with van der Waals surface area (Å²) in [4.78, 5) is 15.6. The van der Waals surface area contributed by atoms with Crippen LogP contribution in [0.3, 0.4) is 0 Å². The van der Waals surface area contributed by atoms with Crippen molar-refractivity contribution in [1.29, 1.82) is 0 Å². The van der Waals surface area contributed by atoms with Crippen molar-refractivity contribution in [1.82, 2.24) is 10.2 Å². The highest BCUT2D eigenvalue weighted by atomic mass is 32.1. The van der Waals surface area contributed by atoms with Gasteiger partial charge in [0.15, 0.2) is 0 Å². The number of likely N-dealkylation sites (tertiary alicyclic amines) is 1. The van der Waals surface area contributed by atoms with Crippen LogP contribution in [0, 0.1) is 5.41 Å². The van der Waals surface area contributed by atoms with Gasteiger partial charge >= 0.3 is 0 Å². The molecule has 1 saturated carbocycles. The van der Waals surface area contributed by atoms with Crippen LogP contribution in [0.4, 0.5) is 0 Å². The van der Waals surface area contributed by atoms with E-state index in [0.29, 0.717) is 11.0 Å². The van der Waals surface area contributed by atoms with Gasteiger partial charge in [-0.05, 0) is 38.6 Å². The van der Waals surface area contributed by atoms with Crippen LogP contribution in [0.5, 0.6) is 0 Å². The predicted octanol–water partition coefficient (Wildman–Crippen LogP) is 2.21. The van der Waals surface area contributed by atoms with Crippen molar-refractivity contribution in [2.45, 2.75) is 64.3 Å². The van der Waals surface area contributed by atoms with Gasteiger partial charge in [0.1, 0.15) is 0 Å². The molecule has 5 heteroatoms. The lowest BCUT2D eigenvalue weighted by Crippen LogP contribution is -2.54. The number of carbonyl (C=O) groups excluding carboxylic acids is 1. The van der Waals surface area contributed by atoms with Gasteiger partial charge in [-0.15, -0.1) is 0 Å². The molecular weight excluding hydrogens is 282 g/mol. The third-order valence-corrected chi connectivity index (χ3v) is 5.47. The van der Waals surface area contributed by atoms with Crippen molar-refractivity contribution in [2.75, 3.05) is 19.6 Å². The monoisotopic (exact) mass is 311 g/mol. The molecule has 2 aliphatic rings. The number of nitrogens with zero attached hydrogens (tertiary/aromatic N) is 1. The predicted molar refractivity (Wildman–Crippen MR) is 90.2 cm³/mol. The SMILES string of the molecule is CCCN1CCC(NC(=O)C2(C(N)=S)CCCCC2)CC1. The van der Waals surface area contributed by atoms with Crippen LogP contribution < -0.4 is 11.1 Å². The zero-order valence-electron chi connectivity index (χ0n) is 13.2. The Morgan fingerprint density at radius 1 is 1.29 bits per heavy atom. The Balaban J connectivity index is 1.90. The molecule has 120 valence electrons. The molecule has 3 N–H and O–H groups in total. The number of amides is 1. The summed E-state index contributed by atoms with van der Waals surface area (Å²) in [6.07, 6.45) is 8.22. The molecule has 1 amide bonds. The number of thiocarbonyl (C=S) groups is 1. The molecule has 0 atom stereocenters. The van der Waals surface area contributed by atoms with Gasteiger partial charge in [0.2, 0.25) is 5.91 Å². The van der Waals surface area contributed by atoms with E-state index in [0.717, 1.165) is 58.2 Å². The maximum atomic E-state index is 12.7. The number of hydrogen-bond acceptors (Lipinski definition) is 3. The minimum atomic E-state index is -0.575. The van der Waals surface area contributed by atoms with Crippen LogP contribution in [0.25, 0.3) is 0 Å². The second-order valence-electron chi connectivity index (χ2n) is 6.60. The van der Waals surface area contributed by atoms with E-state index in [1.807, 2.05) is 0 Å². The number of hydrogen-bond donors (Lipinski definition) is 2. The summed E-state index contributed by atoms with van der Waals surface area (Å²) in [5.74, 6) is 0.0867. The average Bonchev–Trinajstić information content (AvgIpc) is 2.50. The van der Waals surface area contributed by atoms with E-state index in [1.165, 1.54) is 12.8 Å². The molecule has 4 nitrogen and oxygen atoms in total. The van der Waals surface area contributed by atoms with Gasteiger partial charge < -0.3 is 16.0 Å². The van der Waals surface area contributed by atoms with Gasteiger partial charge in [-0.1, -0.05) is 38.4 Å². The number of piperidine rings is 1. The molecule has 2 rings (SSSR count). The summed E-state index contributed by atoms with van der Waals surface area (Å²) >= 11 is 5.23. The van der Waals surface area contributed by atoms with E-state index in [4.69, 9.17) is 18.0 Å².